The van der Waals surface area contributed by atoms with Crippen molar-refractivity contribution < 1.29 is 62.7 Å². The summed E-state index contributed by atoms with van der Waals surface area (Å²) in [6.07, 6.45) is -0.807. The molecular weight excluding hydrogens is 717 g/mol. The number of carbonyl (C=O) groups excluding carboxylic acids is 3. The van der Waals surface area contributed by atoms with Crippen molar-refractivity contribution in [2.45, 2.75) is 38.9 Å². The molecule has 2 atom stereocenters. The first kappa shape index (κ1) is 40.5. The molecule has 14 heteroatoms. The number of hydrogen-bond acceptors (Lipinski definition) is 8. The average molecular weight is 750 g/mol. The molecule has 2 unspecified atom stereocenters. The fourth-order valence-corrected chi connectivity index (χ4v) is 2.82. The molecule has 2 aromatic carbocycles. The van der Waals surface area contributed by atoms with E-state index in [0.29, 0.717) is 0 Å². The summed E-state index contributed by atoms with van der Waals surface area (Å²) in [5.41, 5.74) is 1.06. The van der Waals surface area contributed by atoms with Gasteiger partial charge < -0.3 is 37.1 Å². The summed E-state index contributed by atoms with van der Waals surface area (Å²) in [5.74, 6) is -3.05. The summed E-state index contributed by atoms with van der Waals surface area (Å²) in [4.78, 5) is 48.4. The monoisotopic (exact) mass is 749 g/mol. The van der Waals surface area contributed by atoms with Gasteiger partial charge in [-0.05, 0) is 25.3 Å². The number of ketones is 1. The summed E-state index contributed by atoms with van der Waals surface area (Å²) in [7, 11) is 5.83. The van der Waals surface area contributed by atoms with Crippen molar-refractivity contribution >= 4 is 54.8 Å². The third-order valence-electron chi connectivity index (χ3n) is 4.85. The van der Waals surface area contributed by atoms with Gasteiger partial charge in [0.2, 0.25) is 0 Å². The first-order valence-corrected chi connectivity index (χ1v) is 13.5. The second-order valence-corrected chi connectivity index (χ2v) is 7.35. The van der Waals surface area contributed by atoms with E-state index in [1.165, 1.54) is 37.1 Å². The van der Waals surface area contributed by atoms with E-state index in [4.69, 9.17) is 19.3 Å². The van der Waals surface area contributed by atoms with Gasteiger partial charge in [0.25, 0.3) is 0 Å². The number of nitrogens with two attached hydrogens (primary N) is 2. The van der Waals surface area contributed by atoms with Crippen LogP contribution < -0.4 is 0 Å². The minimum absolute atomic E-state index is 0. The van der Waals surface area contributed by atoms with Crippen LogP contribution in [0.2, 0.25) is 0 Å². The van der Waals surface area contributed by atoms with Gasteiger partial charge in [0.05, 0.1) is 18.4 Å². The van der Waals surface area contributed by atoms with E-state index in [-0.39, 0.29) is 36.4 Å². The summed E-state index contributed by atoms with van der Waals surface area (Å²) >= 11 is 1.61. The van der Waals surface area contributed by atoms with Crippen LogP contribution in [0.3, 0.4) is 0 Å². The van der Waals surface area contributed by atoms with Crippen molar-refractivity contribution in [1.29, 1.82) is 0 Å². The summed E-state index contributed by atoms with van der Waals surface area (Å²) < 4.78 is 14.3. The van der Waals surface area contributed by atoms with Crippen LogP contribution in [0.1, 0.15) is 26.7 Å². The van der Waals surface area contributed by atoms with Gasteiger partial charge in [-0.2, -0.15) is 0 Å². The van der Waals surface area contributed by atoms with Crippen molar-refractivity contribution in [2.24, 2.45) is 0 Å². The van der Waals surface area contributed by atoms with Gasteiger partial charge in [-0.25, -0.2) is 4.79 Å². The number of carbonyl (C=O) groups is 4. The van der Waals surface area contributed by atoms with E-state index in [1.807, 2.05) is 24.4 Å². The number of nitrogens with zero attached hydrogens (tertiary/aromatic N) is 1. The molecule has 0 fully saturated rings. The molecule has 0 saturated carbocycles. The largest absolute Gasteiger partial charge is 0.693 e. The maximum Gasteiger partial charge on any atom is 0.0708 e. The Balaban J connectivity index is -0.000000600. The van der Waals surface area contributed by atoms with E-state index in [1.54, 1.807) is 18.8 Å². The topological polar surface area (TPSA) is 228 Å². The Morgan fingerprint density at radius 1 is 0.974 bits per heavy atom. The predicted octanol–water partition coefficient (Wildman–Crippen LogP) is 4.61. The van der Waals surface area contributed by atoms with Crippen molar-refractivity contribution in [1.82, 2.24) is 4.98 Å². The number of fused-ring (bicyclic) bond motifs is 3. The number of rotatable bonds is 9. The first-order chi connectivity index (χ1) is 17.2. The number of aliphatic carboxylic acids is 1. The third kappa shape index (κ3) is 14.1. The minimum Gasteiger partial charge on any atom is -0.693 e. The molecule has 39 heavy (non-hydrogen) atoms. The molecule has 0 aliphatic heterocycles. The summed E-state index contributed by atoms with van der Waals surface area (Å²) in [6, 6.07) is 16.6. The van der Waals surface area contributed by atoms with E-state index in [0.717, 1.165) is 5.52 Å². The third-order valence-corrected chi connectivity index (χ3v) is 4.85. The molecule has 0 aliphatic rings. The van der Waals surface area contributed by atoms with Gasteiger partial charge in [-0.3, -0.25) is 19.4 Å². The van der Waals surface area contributed by atoms with Crippen LogP contribution in [0.25, 0.3) is 34.0 Å². The maximum absolute atomic E-state index is 11.6. The van der Waals surface area contributed by atoms with E-state index < -0.39 is 36.7 Å². The van der Waals surface area contributed by atoms with Crippen LogP contribution in [0.4, 0.5) is 0 Å². The zero-order chi connectivity index (χ0) is 27.1. The minimum atomic E-state index is -1.16. The van der Waals surface area contributed by atoms with Gasteiger partial charge in [0.15, 0.2) is 18.0 Å². The summed E-state index contributed by atoms with van der Waals surface area (Å²) in [5, 5.41) is 12.1. The second kappa shape index (κ2) is 21.9. The van der Waals surface area contributed by atoms with Gasteiger partial charge in [-0.15, -0.1) is 0 Å². The number of methoxy groups -OCH3 is 1. The fraction of sp³-hybridized carbons (Fsp3) is 0.320. The Morgan fingerprint density at radius 2 is 1.54 bits per heavy atom. The molecule has 0 spiro atoms. The number of carboxylic acids is 1. The Morgan fingerprint density at radius 3 is 2.10 bits per heavy atom. The number of ether oxygens (including phenoxy) is 3. The van der Waals surface area contributed by atoms with E-state index in [2.05, 4.69) is 44.7 Å². The molecule has 0 saturated heterocycles. The normalized spacial score (nSPS) is 10.8. The zero-order valence-electron chi connectivity index (χ0n) is 21.6. The Kier molecular flexibility index (Phi) is 22.7. The van der Waals surface area contributed by atoms with Gasteiger partial charge >= 0.3 is 46.1 Å². The Hall–Kier alpha value is -2.99. The number of carboxylic acid groups (broad SMARTS) is 1. The number of hydrogen-bond donors (Lipinski definition) is 1. The molecule has 3 rings (SSSR count). The molecule has 1 aromatic heterocycles. The SMILES string of the molecule is COC(COC(=O)CCC(=O)O)C(=O)OC(C)C(C)=O.O.[Cl][Pt].[NH2-].[NH2-].c1ccc2c(c1)cnc1ccccc12. The molecule has 1 heterocycles. The molecule has 0 aliphatic carbocycles. The quantitative estimate of drug-likeness (QED) is 0.237. The summed E-state index contributed by atoms with van der Waals surface area (Å²) in [6.45, 7) is 2.27. The molecule has 221 valence electrons. The van der Waals surface area contributed by atoms with E-state index in [9.17, 15) is 19.2 Å². The molecule has 0 bridgehead atoms. The molecule has 0 amide bonds. The maximum atomic E-state index is 11.6. The number of halogens is 1. The van der Waals surface area contributed by atoms with Crippen molar-refractivity contribution in [3.8, 4) is 0 Å². The van der Waals surface area contributed by atoms with Crippen LogP contribution in [0.15, 0.2) is 54.7 Å². The van der Waals surface area contributed by atoms with Crippen molar-refractivity contribution in [2.75, 3.05) is 13.7 Å². The first-order valence-electron chi connectivity index (χ1n) is 10.7. The van der Waals surface area contributed by atoms with Crippen LogP contribution in [-0.2, 0) is 52.2 Å². The van der Waals surface area contributed by atoms with Gasteiger partial charge in [0, 0.05) is 24.1 Å². The number of aromatic nitrogens is 1. The van der Waals surface area contributed by atoms with Crippen molar-refractivity contribution in [3.05, 3.63) is 67.0 Å². The van der Waals surface area contributed by atoms with Crippen molar-refractivity contribution in [3.63, 3.8) is 0 Å². The zero-order valence-corrected chi connectivity index (χ0v) is 24.6. The smallest absolute Gasteiger partial charge is 0.0708 e. The predicted molar refractivity (Wildman–Crippen MR) is 144 cm³/mol. The van der Waals surface area contributed by atoms with Crippen LogP contribution in [0, 0.1) is 0 Å². The van der Waals surface area contributed by atoms with Crippen LogP contribution in [-0.4, -0.2) is 65.2 Å². The molecule has 7 N–H and O–H groups in total. The molecule has 12 nitrogen and oxygen atoms in total. The number of pyridine rings is 1. The Bertz CT molecular complexity index is 1130. The molecule has 3 aromatic rings. The number of benzene rings is 2. The number of esters is 2. The van der Waals surface area contributed by atoms with Crippen LogP contribution in [0.5, 0.6) is 0 Å². The molecule has 0 radical (unpaired) electrons. The number of Topliss-reactive ketones (excluding diaryl/α,β-unsaturated/α-hetero) is 1. The van der Waals surface area contributed by atoms with Crippen LogP contribution >= 0.6 is 9.42 Å². The second-order valence-electron chi connectivity index (χ2n) is 7.35. The fourth-order valence-electron chi connectivity index (χ4n) is 2.82. The van der Waals surface area contributed by atoms with Gasteiger partial charge in [-0.1, -0.05) is 42.5 Å². The number of para-hydroxylation sites is 1. The van der Waals surface area contributed by atoms with E-state index >= 15 is 0 Å². The standard InChI is InChI=1S/C13H9N.C12H18O8.ClH.2H2N.H2O.Pt/c1-2-6-11-10(5-1)9-14-13-8-4-3-7-12(11)13;1-7(13)8(2)20-12(17)9(18-3)6-19-11(16)5-4-10(14)15;;;;;/h1-9H;8-9H,4-6H2,1-3H3,(H,14,15);1H;3*1H2;/q;;;2*-1;;+1/p-1. The molecular formula is C25H33ClN3O9Pt-2. The average Bonchev–Trinajstić information content (AvgIpc) is 2.89. The Labute approximate surface area is 241 Å². The van der Waals surface area contributed by atoms with Gasteiger partial charge in [0.1, 0.15) is 6.61 Å².